The van der Waals surface area contributed by atoms with Crippen molar-refractivity contribution in [1.29, 1.82) is 0 Å². The molecule has 9 heteroatoms. The number of hydrogen-bond acceptors (Lipinski definition) is 6. The second-order valence-electron chi connectivity index (χ2n) is 7.26. The highest BCUT2D eigenvalue weighted by Crippen LogP contribution is 2.26. The number of benzene rings is 2. The Morgan fingerprint density at radius 2 is 1.88 bits per heavy atom. The van der Waals surface area contributed by atoms with E-state index in [0.29, 0.717) is 35.2 Å². The topological polar surface area (TPSA) is 88.6 Å². The summed E-state index contributed by atoms with van der Waals surface area (Å²) in [6, 6.07) is 12.1. The van der Waals surface area contributed by atoms with Gasteiger partial charge < -0.3 is 4.74 Å². The number of imide groups is 1. The van der Waals surface area contributed by atoms with Gasteiger partial charge in [0.1, 0.15) is 0 Å². The Bertz CT molecular complexity index is 1180. The number of aromatic nitrogens is 1. The van der Waals surface area contributed by atoms with E-state index < -0.39 is 11.8 Å². The Balaban J connectivity index is 1.43. The number of nitrogens with zero attached hydrogens (tertiary/aromatic N) is 2. The van der Waals surface area contributed by atoms with Crippen molar-refractivity contribution in [2.75, 3.05) is 25.6 Å². The number of amides is 3. The van der Waals surface area contributed by atoms with E-state index in [-0.39, 0.29) is 23.6 Å². The Kier molecular flexibility index (Phi) is 6.64. The Morgan fingerprint density at radius 1 is 1.12 bits per heavy atom. The molecule has 2 heterocycles. The zero-order valence-corrected chi connectivity index (χ0v) is 18.8. The highest BCUT2D eigenvalue weighted by Gasteiger charge is 2.35. The molecule has 0 spiro atoms. The number of methoxy groups -OCH3 is 1. The summed E-state index contributed by atoms with van der Waals surface area (Å²) in [4.78, 5) is 44.3. The van der Waals surface area contributed by atoms with Gasteiger partial charge in [-0.05, 0) is 42.3 Å². The van der Waals surface area contributed by atoms with Crippen LogP contribution in [0.4, 0.5) is 5.13 Å². The number of carbonyl (C=O) groups excluding carboxylic acids is 3. The summed E-state index contributed by atoms with van der Waals surface area (Å²) in [5.74, 6) is -1.13. The third kappa shape index (κ3) is 4.72. The Morgan fingerprint density at radius 3 is 2.62 bits per heavy atom. The average Bonchev–Trinajstić information content (AvgIpc) is 3.32. The maximum absolute atomic E-state index is 12.7. The summed E-state index contributed by atoms with van der Waals surface area (Å²) < 4.78 is 4.98. The molecule has 1 aliphatic heterocycles. The summed E-state index contributed by atoms with van der Waals surface area (Å²) in [6.07, 6.45) is 2.95. The zero-order valence-electron chi connectivity index (χ0n) is 17.3. The zero-order chi connectivity index (χ0) is 22.7. The van der Waals surface area contributed by atoms with Gasteiger partial charge >= 0.3 is 0 Å². The van der Waals surface area contributed by atoms with E-state index in [2.05, 4.69) is 10.3 Å². The Labute approximate surface area is 194 Å². The van der Waals surface area contributed by atoms with Crippen LogP contribution in [0.1, 0.15) is 47.9 Å². The monoisotopic (exact) mass is 469 g/mol. The lowest BCUT2D eigenvalue weighted by Gasteiger charge is -2.12. The van der Waals surface area contributed by atoms with Crippen LogP contribution in [-0.4, -0.2) is 47.9 Å². The van der Waals surface area contributed by atoms with Crippen LogP contribution in [0.3, 0.4) is 0 Å². The molecule has 0 saturated carbocycles. The number of fused-ring (bicyclic) bond motifs is 1. The molecule has 1 N–H and O–H groups in total. The molecule has 3 amide bonds. The Hall–Kier alpha value is -3.07. The van der Waals surface area contributed by atoms with E-state index in [1.54, 1.807) is 19.4 Å². The fraction of sp³-hybridized carbons (Fsp3) is 0.217. The molecule has 1 aromatic heterocycles. The van der Waals surface area contributed by atoms with Crippen molar-refractivity contribution in [2.45, 2.75) is 12.8 Å². The van der Waals surface area contributed by atoms with Gasteiger partial charge in [-0.15, -0.1) is 11.3 Å². The van der Waals surface area contributed by atoms with Crippen molar-refractivity contribution in [3.05, 3.63) is 80.8 Å². The molecule has 0 radical (unpaired) electrons. The van der Waals surface area contributed by atoms with Crippen molar-refractivity contribution in [2.24, 2.45) is 0 Å². The van der Waals surface area contributed by atoms with Crippen LogP contribution >= 0.6 is 22.9 Å². The molecule has 0 fully saturated rings. The quantitative estimate of drug-likeness (QED) is 0.393. The molecule has 4 rings (SSSR count). The SMILES string of the molecule is COCCCN1C(=O)c2ccc(C(=O)Nc3ncc(Cc4ccc(Cl)cc4)s3)cc2C1=O. The number of nitrogens with one attached hydrogen (secondary N) is 1. The van der Waals surface area contributed by atoms with Crippen LogP contribution in [0.25, 0.3) is 0 Å². The van der Waals surface area contributed by atoms with E-state index in [9.17, 15) is 14.4 Å². The predicted octanol–water partition coefficient (Wildman–Crippen LogP) is 4.27. The number of ether oxygens (including phenoxy) is 1. The standard InChI is InChI=1S/C23H20ClN3O4S/c1-31-10-2-9-27-21(29)18-8-5-15(12-19(18)22(27)30)20(28)26-23-25-13-17(32-23)11-14-3-6-16(24)7-4-14/h3-8,12-13H,2,9-11H2,1H3,(H,25,26,28). The fourth-order valence-corrected chi connectivity index (χ4v) is 4.39. The lowest BCUT2D eigenvalue weighted by molar-refractivity contribution is 0.0638. The first kappa shape index (κ1) is 22.1. The molecule has 7 nitrogen and oxygen atoms in total. The minimum absolute atomic E-state index is 0.239. The van der Waals surface area contributed by atoms with Crippen LogP contribution in [0, 0.1) is 0 Å². The number of anilines is 1. The van der Waals surface area contributed by atoms with Crippen LogP contribution in [0.5, 0.6) is 0 Å². The van der Waals surface area contributed by atoms with E-state index in [1.165, 1.54) is 28.4 Å². The normalized spacial score (nSPS) is 12.9. The van der Waals surface area contributed by atoms with E-state index >= 15 is 0 Å². The van der Waals surface area contributed by atoms with Gasteiger partial charge in [0.2, 0.25) is 0 Å². The van der Waals surface area contributed by atoms with Crippen LogP contribution < -0.4 is 5.32 Å². The molecular weight excluding hydrogens is 450 g/mol. The molecule has 32 heavy (non-hydrogen) atoms. The maximum Gasteiger partial charge on any atom is 0.261 e. The van der Waals surface area contributed by atoms with Crippen molar-refractivity contribution >= 4 is 45.8 Å². The number of thiazole rings is 1. The first-order valence-corrected chi connectivity index (χ1v) is 11.2. The third-order valence-electron chi connectivity index (χ3n) is 5.03. The molecule has 3 aromatic rings. The number of hydrogen-bond donors (Lipinski definition) is 1. The van der Waals surface area contributed by atoms with Gasteiger partial charge in [-0.25, -0.2) is 4.98 Å². The first-order chi connectivity index (χ1) is 15.5. The number of halogens is 1. The lowest BCUT2D eigenvalue weighted by atomic mass is 10.1. The molecule has 0 saturated heterocycles. The summed E-state index contributed by atoms with van der Waals surface area (Å²) >= 11 is 7.29. The van der Waals surface area contributed by atoms with Crippen molar-refractivity contribution in [3.63, 3.8) is 0 Å². The fourth-order valence-electron chi connectivity index (χ4n) is 3.42. The molecular formula is C23H20ClN3O4S. The third-order valence-corrected chi connectivity index (χ3v) is 6.19. The minimum atomic E-state index is -0.393. The average molecular weight is 470 g/mol. The maximum atomic E-state index is 12.7. The molecule has 2 aromatic carbocycles. The van der Waals surface area contributed by atoms with E-state index in [1.807, 2.05) is 24.3 Å². The van der Waals surface area contributed by atoms with Crippen LogP contribution in [0.2, 0.25) is 5.02 Å². The lowest BCUT2D eigenvalue weighted by Crippen LogP contribution is -2.31. The predicted molar refractivity (Wildman–Crippen MR) is 123 cm³/mol. The second kappa shape index (κ2) is 9.60. The largest absolute Gasteiger partial charge is 0.385 e. The van der Waals surface area contributed by atoms with E-state index in [0.717, 1.165) is 10.4 Å². The van der Waals surface area contributed by atoms with Crippen LogP contribution in [-0.2, 0) is 11.2 Å². The summed E-state index contributed by atoms with van der Waals surface area (Å²) in [6.45, 7) is 0.728. The molecule has 0 aliphatic carbocycles. The minimum Gasteiger partial charge on any atom is -0.385 e. The molecule has 1 aliphatic rings. The second-order valence-corrected chi connectivity index (χ2v) is 8.81. The van der Waals surface area contributed by atoms with E-state index in [4.69, 9.17) is 16.3 Å². The van der Waals surface area contributed by atoms with Crippen molar-refractivity contribution in [3.8, 4) is 0 Å². The van der Waals surface area contributed by atoms with Gasteiger partial charge in [0.25, 0.3) is 17.7 Å². The molecule has 0 atom stereocenters. The highest BCUT2D eigenvalue weighted by molar-refractivity contribution is 7.15. The molecule has 0 unspecified atom stereocenters. The smallest absolute Gasteiger partial charge is 0.261 e. The van der Waals surface area contributed by atoms with Gasteiger partial charge in [0.15, 0.2) is 5.13 Å². The molecule has 0 bridgehead atoms. The van der Waals surface area contributed by atoms with Gasteiger partial charge in [-0.1, -0.05) is 23.7 Å². The highest BCUT2D eigenvalue weighted by atomic mass is 35.5. The molecule has 164 valence electrons. The summed E-state index contributed by atoms with van der Waals surface area (Å²) in [5.41, 5.74) is 1.93. The number of rotatable bonds is 8. The first-order valence-electron chi connectivity index (χ1n) is 9.96. The summed E-state index contributed by atoms with van der Waals surface area (Å²) in [5, 5.41) is 3.91. The number of carbonyl (C=O) groups is 3. The van der Waals surface area contributed by atoms with Crippen molar-refractivity contribution in [1.82, 2.24) is 9.88 Å². The van der Waals surface area contributed by atoms with Gasteiger partial charge in [-0.2, -0.15) is 0 Å². The van der Waals surface area contributed by atoms with Crippen LogP contribution in [0.15, 0.2) is 48.7 Å². The van der Waals surface area contributed by atoms with Gasteiger partial charge in [-0.3, -0.25) is 24.6 Å². The van der Waals surface area contributed by atoms with Crippen molar-refractivity contribution < 1.29 is 19.1 Å². The summed E-state index contributed by atoms with van der Waals surface area (Å²) in [7, 11) is 1.57. The van der Waals surface area contributed by atoms with Gasteiger partial charge in [0.05, 0.1) is 11.1 Å². The van der Waals surface area contributed by atoms with Gasteiger partial charge in [0, 0.05) is 48.3 Å².